The number of methoxy groups -OCH3 is 2. The van der Waals surface area contributed by atoms with Crippen LogP contribution in [0.25, 0.3) is 0 Å². The maximum atomic E-state index is 12.4. The molecule has 0 heterocycles. The molecular formula is C17H25NO6. The summed E-state index contributed by atoms with van der Waals surface area (Å²) in [5.41, 5.74) is -1.25. The summed E-state index contributed by atoms with van der Waals surface area (Å²) in [6, 6.07) is 4.70. The summed E-state index contributed by atoms with van der Waals surface area (Å²) in [7, 11) is 2.85. The van der Waals surface area contributed by atoms with Crippen molar-refractivity contribution in [3.8, 4) is 11.5 Å². The molecule has 1 unspecified atom stereocenters. The van der Waals surface area contributed by atoms with Gasteiger partial charge in [-0.25, -0.2) is 4.79 Å². The molecule has 0 aliphatic carbocycles. The quantitative estimate of drug-likeness (QED) is 0.714. The van der Waals surface area contributed by atoms with Crippen molar-refractivity contribution in [2.45, 2.75) is 26.3 Å². The van der Waals surface area contributed by atoms with Gasteiger partial charge in [0.25, 0.3) is 5.91 Å². The van der Waals surface area contributed by atoms with Gasteiger partial charge < -0.3 is 24.6 Å². The number of carboxylic acids is 1. The molecule has 134 valence electrons. The van der Waals surface area contributed by atoms with Gasteiger partial charge in [0.05, 0.1) is 20.3 Å². The molecule has 1 amide bonds. The molecule has 0 aliphatic heterocycles. The number of aliphatic carboxylic acids is 1. The van der Waals surface area contributed by atoms with Crippen molar-refractivity contribution in [3.63, 3.8) is 0 Å². The van der Waals surface area contributed by atoms with Crippen molar-refractivity contribution in [3.05, 3.63) is 23.8 Å². The fourth-order valence-electron chi connectivity index (χ4n) is 1.95. The zero-order chi connectivity index (χ0) is 18.3. The van der Waals surface area contributed by atoms with Gasteiger partial charge in [0.1, 0.15) is 0 Å². The molecule has 1 atom stereocenters. The Morgan fingerprint density at radius 1 is 1.25 bits per heavy atom. The minimum absolute atomic E-state index is 0.152. The van der Waals surface area contributed by atoms with Gasteiger partial charge in [0.15, 0.2) is 17.0 Å². The predicted octanol–water partition coefficient (Wildman–Crippen LogP) is 1.95. The molecule has 24 heavy (non-hydrogen) atoms. The number of carbonyl (C=O) groups is 2. The van der Waals surface area contributed by atoms with Gasteiger partial charge >= 0.3 is 5.97 Å². The summed E-state index contributed by atoms with van der Waals surface area (Å²) in [4.78, 5) is 23.7. The highest BCUT2D eigenvalue weighted by Gasteiger charge is 2.35. The summed E-state index contributed by atoms with van der Waals surface area (Å²) in [5, 5.41) is 11.8. The van der Waals surface area contributed by atoms with Gasteiger partial charge in [-0.05, 0) is 31.0 Å². The molecule has 0 radical (unpaired) electrons. The van der Waals surface area contributed by atoms with Crippen LogP contribution in [0.3, 0.4) is 0 Å². The molecule has 0 spiro atoms. The molecule has 7 heteroatoms. The van der Waals surface area contributed by atoms with Crippen LogP contribution in [0.5, 0.6) is 11.5 Å². The minimum Gasteiger partial charge on any atom is -0.493 e. The highest BCUT2D eigenvalue weighted by atomic mass is 16.5. The summed E-state index contributed by atoms with van der Waals surface area (Å²) in [6.45, 7) is 5.80. The van der Waals surface area contributed by atoms with Gasteiger partial charge in [-0.3, -0.25) is 4.79 Å². The lowest BCUT2D eigenvalue weighted by Gasteiger charge is -2.25. The van der Waals surface area contributed by atoms with Crippen LogP contribution in [0.2, 0.25) is 0 Å². The number of hydrogen-bond donors (Lipinski definition) is 2. The smallest absolute Gasteiger partial charge is 0.331 e. The zero-order valence-corrected chi connectivity index (χ0v) is 14.7. The van der Waals surface area contributed by atoms with E-state index >= 15 is 0 Å². The Labute approximate surface area is 141 Å². The molecule has 0 aromatic heterocycles. The maximum Gasteiger partial charge on any atom is 0.331 e. The van der Waals surface area contributed by atoms with Crippen LogP contribution in [0.15, 0.2) is 18.2 Å². The highest BCUT2D eigenvalue weighted by molar-refractivity contribution is 5.98. The number of amides is 1. The van der Waals surface area contributed by atoms with Crippen LogP contribution in [-0.4, -0.2) is 50.0 Å². The number of nitrogens with one attached hydrogen (secondary N) is 1. The van der Waals surface area contributed by atoms with Gasteiger partial charge in [0.2, 0.25) is 0 Å². The molecule has 7 nitrogen and oxygen atoms in total. The van der Waals surface area contributed by atoms with Crippen LogP contribution in [-0.2, 0) is 9.53 Å². The minimum atomic E-state index is -1.52. The second kappa shape index (κ2) is 8.54. The largest absolute Gasteiger partial charge is 0.493 e. The number of benzene rings is 1. The van der Waals surface area contributed by atoms with E-state index in [4.69, 9.17) is 14.2 Å². The van der Waals surface area contributed by atoms with Crippen LogP contribution in [0, 0.1) is 5.92 Å². The Balaban J connectivity index is 2.97. The topological polar surface area (TPSA) is 94.1 Å². The lowest BCUT2D eigenvalue weighted by atomic mass is 10.0. The number of ether oxygens (including phenoxy) is 3. The molecule has 2 N–H and O–H groups in total. The Bertz CT molecular complexity index is 586. The third-order valence-electron chi connectivity index (χ3n) is 3.29. The van der Waals surface area contributed by atoms with Crippen molar-refractivity contribution in [2.24, 2.45) is 5.92 Å². The third kappa shape index (κ3) is 5.13. The van der Waals surface area contributed by atoms with Gasteiger partial charge in [-0.2, -0.15) is 0 Å². The number of rotatable bonds is 9. The van der Waals surface area contributed by atoms with Crippen molar-refractivity contribution >= 4 is 11.9 Å². The summed E-state index contributed by atoms with van der Waals surface area (Å²) in [6.07, 6.45) is 0. The van der Waals surface area contributed by atoms with E-state index in [0.717, 1.165) is 0 Å². The second-order valence-electron chi connectivity index (χ2n) is 6.09. The Kier molecular flexibility index (Phi) is 7.03. The average molecular weight is 339 g/mol. The summed E-state index contributed by atoms with van der Waals surface area (Å²) in [5.74, 6) is -0.428. The first-order valence-corrected chi connectivity index (χ1v) is 7.59. The lowest BCUT2D eigenvalue weighted by molar-refractivity contribution is -0.145. The molecule has 1 aromatic carbocycles. The molecular weight excluding hydrogens is 314 g/mol. The van der Waals surface area contributed by atoms with Gasteiger partial charge in [-0.1, -0.05) is 13.8 Å². The Hall–Kier alpha value is -2.28. The zero-order valence-electron chi connectivity index (χ0n) is 14.7. The molecule has 1 rings (SSSR count). The van der Waals surface area contributed by atoms with Crippen LogP contribution >= 0.6 is 0 Å². The van der Waals surface area contributed by atoms with E-state index < -0.39 is 17.4 Å². The summed E-state index contributed by atoms with van der Waals surface area (Å²) >= 11 is 0. The first kappa shape index (κ1) is 19.8. The van der Waals surface area contributed by atoms with Crippen LogP contribution in [0.1, 0.15) is 31.1 Å². The lowest BCUT2D eigenvalue weighted by Crippen LogP contribution is -2.55. The van der Waals surface area contributed by atoms with Gasteiger partial charge in [-0.15, -0.1) is 0 Å². The first-order chi connectivity index (χ1) is 11.2. The van der Waals surface area contributed by atoms with Crippen molar-refractivity contribution < 1.29 is 28.9 Å². The molecule has 0 saturated carbocycles. The van der Waals surface area contributed by atoms with Crippen LogP contribution < -0.4 is 14.8 Å². The SMILES string of the molecule is COCC(C)(NC(=O)c1ccc(OCC(C)C)c(OC)c1)C(=O)O. The summed E-state index contributed by atoms with van der Waals surface area (Å²) < 4.78 is 15.8. The normalized spacial score (nSPS) is 13.2. The molecule has 0 fully saturated rings. The van der Waals surface area contributed by atoms with E-state index in [1.54, 1.807) is 12.1 Å². The fourth-order valence-corrected chi connectivity index (χ4v) is 1.95. The van der Waals surface area contributed by atoms with Crippen LogP contribution in [0.4, 0.5) is 0 Å². The van der Waals surface area contributed by atoms with E-state index in [9.17, 15) is 14.7 Å². The highest BCUT2D eigenvalue weighted by Crippen LogP contribution is 2.28. The monoisotopic (exact) mass is 339 g/mol. The molecule has 0 saturated heterocycles. The van der Waals surface area contributed by atoms with Crippen molar-refractivity contribution in [1.29, 1.82) is 0 Å². The Morgan fingerprint density at radius 3 is 2.42 bits per heavy atom. The number of hydrogen-bond acceptors (Lipinski definition) is 5. The third-order valence-corrected chi connectivity index (χ3v) is 3.29. The van der Waals surface area contributed by atoms with E-state index in [1.165, 1.54) is 27.2 Å². The molecule has 0 aliphatic rings. The molecule has 1 aromatic rings. The van der Waals surface area contributed by atoms with E-state index in [-0.39, 0.29) is 12.2 Å². The second-order valence-corrected chi connectivity index (χ2v) is 6.09. The Morgan fingerprint density at radius 2 is 1.92 bits per heavy atom. The van der Waals surface area contributed by atoms with E-state index in [2.05, 4.69) is 5.32 Å². The molecule has 0 bridgehead atoms. The fraction of sp³-hybridized carbons (Fsp3) is 0.529. The standard InChI is InChI=1S/C17H25NO6/c1-11(2)9-24-13-7-6-12(8-14(13)23-5)15(19)18-17(3,10-22-4)16(20)21/h6-8,11H,9-10H2,1-5H3,(H,18,19)(H,20,21). The van der Waals surface area contributed by atoms with E-state index in [1.807, 2.05) is 13.8 Å². The number of carbonyl (C=O) groups excluding carboxylic acids is 1. The van der Waals surface area contributed by atoms with Crippen molar-refractivity contribution in [1.82, 2.24) is 5.32 Å². The van der Waals surface area contributed by atoms with Crippen molar-refractivity contribution in [2.75, 3.05) is 27.4 Å². The predicted molar refractivity (Wildman–Crippen MR) is 88.7 cm³/mol. The average Bonchev–Trinajstić information content (AvgIpc) is 2.52. The maximum absolute atomic E-state index is 12.4. The number of carboxylic acid groups (broad SMARTS) is 1. The van der Waals surface area contributed by atoms with Gasteiger partial charge in [0, 0.05) is 12.7 Å². The first-order valence-electron chi connectivity index (χ1n) is 7.59. The van der Waals surface area contributed by atoms with E-state index in [0.29, 0.717) is 24.0 Å².